The Balaban J connectivity index is 3.03. The summed E-state index contributed by atoms with van der Waals surface area (Å²) in [6, 6.07) is 1.33. The predicted molar refractivity (Wildman–Crippen MR) is 37.7 cm³/mol. The fraction of sp³-hybridized carbons (Fsp3) is 0. The van der Waals surface area contributed by atoms with E-state index in [1.165, 1.54) is 12.3 Å². The minimum Gasteiger partial charge on any atom is -0.434 e. The van der Waals surface area contributed by atoms with Gasteiger partial charge in [-0.05, 0) is 6.07 Å². The van der Waals surface area contributed by atoms with Crippen LogP contribution in [0.15, 0.2) is 18.5 Å². The molecule has 0 unspecified atom stereocenters. The van der Waals surface area contributed by atoms with Crippen LogP contribution in [0.2, 0.25) is 0 Å². The Morgan fingerprint density at radius 1 is 1.70 bits per heavy atom. The lowest BCUT2D eigenvalue weighted by Crippen LogP contribution is -2.27. The van der Waals surface area contributed by atoms with Crippen LogP contribution < -0.4 is 5.46 Å². The van der Waals surface area contributed by atoms with Gasteiger partial charge in [-0.2, -0.15) is 0 Å². The van der Waals surface area contributed by atoms with Crippen LogP contribution in [0.5, 0.6) is 0 Å². The maximum Gasteiger partial charge on any atom is 0.434 e. The molecule has 0 radical (unpaired) electrons. The highest BCUT2D eigenvalue weighted by molar-refractivity contribution is 7.09. The van der Waals surface area contributed by atoms with Gasteiger partial charge in [-0.1, -0.05) is 0 Å². The molecule has 1 N–H and O–H groups in total. The molecule has 0 aromatic carbocycles. The number of pyridine rings is 1. The molecular formula is C5H4BClFNO. The third kappa shape index (κ3) is 1.46. The van der Waals surface area contributed by atoms with E-state index in [0.29, 0.717) is 0 Å². The molecule has 0 saturated heterocycles. The summed E-state index contributed by atoms with van der Waals surface area (Å²) in [5.74, 6) is -0.593. The van der Waals surface area contributed by atoms with E-state index in [1.54, 1.807) is 0 Å². The number of aromatic nitrogens is 1. The van der Waals surface area contributed by atoms with Crippen LogP contribution in [-0.2, 0) is 0 Å². The molecule has 1 aromatic heterocycles. The van der Waals surface area contributed by atoms with E-state index in [-0.39, 0.29) is 5.46 Å². The molecule has 1 aromatic rings. The lowest BCUT2D eigenvalue weighted by molar-refractivity contribution is 0.594. The van der Waals surface area contributed by atoms with Crippen molar-refractivity contribution in [3.63, 3.8) is 0 Å². The van der Waals surface area contributed by atoms with Gasteiger partial charge >= 0.3 is 6.33 Å². The van der Waals surface area contributed by atoms with Crippen molar-refractivity contribution in [2.24, 2.45) is 0 Å². The molecule has 0 atom stereocenters. The number of hydrogen-bond acceptors (Lipinski definition) is 2. The molecule has 5 heteroatoms. The van der Waals surface area contributed by atoms with Crippen LogP contribution in [-0.4, -0.2) is 16.3 Å². The topological polar surface area (TPSA) is 33.1 Å². The fourth-order valence-corrected chi connectivity index (χ4v) is 0.756. The second-order valence-electron chi connectivity index (χ2n) is 1.73. The second kappa shape index (κ2) is 2.99. The number of hydrogen-bond donors (Lipinski definition) is 1. The number of halogens is 2. The molecule has 1 heterocycles. The zero-order valence-electron chi connectivity index (χ0n) is 4.96. The van der Waals surface area contributed by atoms with Crippen molar-refractivity contribution in [2.45, 2.75) is 0 Å². The molecule has 52 valence electrons. The molecular weight excluding hydrogens is 155 g/mol. The lowest BCUT2D eigenvalue weighted by atomic mass is 9.87. The summed E-state index contributed by atoms with van der Waals surface area (Å²) in [7, 11) is 0. The minimum absolute atomic E-state index is 0.0525. The molecule has 0 aliphatic rings. The zero-order chi connectivity index (χ0) is 7.56. The molecule has 1 rings (SSSR count). The highest BCUT2D eigenvalue weighted by Crippen LogP contribution is 1.93. The molecule has 0 spiro atoms. The third-order valence-electron chi connectivity index (χ3n) is 1.06. The molecule has 0 bridgehead atoms. The molecule has 0 aliphatic carbocycles. The maximum atomic E-state index is 12.5. The molecule has 10 heavy (non-hydrogen) atoms. The molecule has 2 nitrogen and oxygen atoms in total. The summed E-state index contributed by atoms with van der Waals surface area (Å²) >= 11 is 5.20. The van der Waals surface area contributed by atoms with Gasteiger partial charge in [0.2, 0.25) is 0 Å². The van der Waals surface area contributed by atoms with Crippen LogP contribution in [0.4, 0.5) is 4.39 Å². The van der Waals surface area contributed by atoms with Crippen molar-refractivity contribution in [3.05, 3.63) is 24.3 Å². The van der Waals surface area contributed by atoms with Gasteiger partial charge < -0.3 is 5.02 Å². The Morgan fingerprint density at radius 3 is 2.80 bits per heavy atom. The zero-order valence-corrected chi connectivity index (χ0v) is 5.72. The van der Waals surface area contributed by atoms with E-state index in [9.17, 15) is 4.39 Å². The normalized spacial score (nSPS) is 9.50. The summed E-state index contributed by atoms with van der Waals surface area (Å²) in [5, 5.41) is 8.70. The summed E-state index contributed by atoms with van der Waals surface area (Å²) < 4.78 is 12.5. The quantitative estimate of drug-likeness (QED) is 0.592. The van der Waals surface area contributed by atoms with Gasteiger partial charge in [0.1, 0.15) is 5.82 Å². The summed E-state index contributed by atoms with van der Waals surface area (Å²) in [6.07, 6.45) is 1.08. The van der Waals surface area contributed by atoms with E-state index in [2.05, 4.69) is 4.98 Å². The Morgan fingerprint density at radius 2 is 2.40 bits per heavy atom. The first kappa shape index (κ1) is 7.50. The van der Waals surface area contributed by atoms with E-state index in [4.69, 9.17) is 16.5 Å². The van der Waals surface area contributed by atoms with Crippen molar-refractivity contribution in [2.75, 3.05) is 0 Å². The summed E-state index contributed by atoms with van der Waals surface area (Å²) in [6.45, 7) is 0. The van der Waals surface area contributed by atoms with Gasteiger partial charge in [-0.25, -0.2) is 4.39 Å². The third-order valence-corrected chi connectivity index (χ3v) is 1.30. The number of nitrogens with zero attached hydrogens (tertiary/aromatic N) is 1. The SMILES string of the molecule is OB(Cl)c1ccncc1F. The average molecular weight is 159 g/mol. The van der Waals surface area contributed by atoms with Crippen LogP contribution in [0.3, 0.4) is 0 Å². The van der Waals surface area contributed by atoms with Crippen LogP contribution in [0.1, 0.15) is 0 Å². The van der Waals surface area contributed by atoms with Gasteiger partial charge in [0.25, 0.3) is 0 Å². The fourth-order valence-electron chi connectivity index (χ4n) is 0.579. The van der Waals surface area contributed by atoms with E-state index in [0.717, 1.165) is 6.20 Å². The second-order valence-corrected chi connectivity index (χ2v) is 2.15. The predicted octanol–water partition coefficient (Wildman–Crippen LogP) is 0.147. The Kier molecular flexibility index (Phi) is 2.24. The van der Waals surface area contributed by atoms with Gasteiger partial charge in [-0.3, -0.25) is 4.98 Å². The van der Waals surface area contributed by atoms with Gasteiger partial charge in [0.15, 0.2) is 0 Å². The first-order valence-corrected chi connectivity index (χ1v) is 3.07. The first-order chi connectivity index (χ1) is 4.72. The van der Waals surface area contributed by atoms with Gasteiger partial charge in [0, 0.05) is 11.7 Å². The van der Waals surface area contributed by atoms with Crippen molar-refractivity contribution < 1.29 is 9.41 Å². The standard InChI is InChI=1S/C5H4BClFNO/c7-6(10)4-1-2-9-3-5(4)8/h1-3,10H. The average Bonchev–Trinajstić information content (AvgIpc) is 1.88. The summed E-state index contributed by atoms with van der Waals surface area (Å²) in [5.41, 5.74) is 0.0525. The maximum absolute atomic E-state index is 12.5. The highest BCUT2D eigenvalue weighted by atomic mass is 35.5. The molecule has 0 amide bonds. The smallest absolute Gasteiger partial charge is 0.434 e. The molecule has 0 saturated carbocycles. The minimum atomic E-state index is -1.29. The van der Waals surface area contributed by atoms with Crippen LogP contribution in [0.25, 0.3) is 0 Å². The van der Waals surface area contributed by atoms with Crippen LogP contribution in [0, 0.1) is 5.82 Å². The molecule has 0 fully saturated rings. The van der Waals surface area contributed by atoms with Crippen molar-refractivity contribution >= 4 is 23.3 Å². The Bertz CT molecular complexity index is 233. The van der Waals surface area contributed by atoms with E-state index in [1.807, 2.05) is 0 Å². The number of rotatable bonds is 1. The lowest BCUT2D eigenvalue weighted by Gasteiger charge is -1.97. The van der Waals surface area contributed by atoms with Gasteiger partial charge in [-0.15, -0.1) is 11.5 Å². The largest absolute Gasteiger partial charge is 0.434 e. The highest BCUT2D eigenvalue weighted by Gasteiger charge is 2.14. The van der Waals surface area contributed by atoms with E-state index >= 15 is 0 Å². The summed E-state index contributed by atoms with van der Waals surface area (Å²) in [4.78, 5) is 3.48. The monoisotopic (exact) mass is 159 g/mol. The van der Waals surface area contributed by atoms with Crippen LogP contribution >= 0.6 is 11.5 Å². The Labute approximate surface area is 62.7 Å². The van der Waals surface area contributed by atoms with Gasteiger partial charge in [0.05, 0.1) is 6.20 Å². The van der Waals surface area contributed by atoms with Crippen molar-refractivity contribution in [3.8, 4) is 0 Å². The van der Waals surface area contributed by atoms with Crippen molar-refractivity contribution in [1.29, 1.82) is 0 Å². The molecule has 0 aliphatic heterocycles. The Hall–Kier alpha value is -0.605. The van der Waals surface area contributed by atoms with Crippen molar-refractivity contribution in [1.82, 2.24) is 4.98 Å². The van der Waals surface area contributed by atoms with E-state index < -0.39 is 12.1 Å². The first-order valence-electron chi connectivity index (χ1n) is 2.63.